The molecular formula is C21H23F3N2O2. The van der Waals surface area contributed by atoms with E-state index >= 15 is 0 Å². The molecular weight excluding hydrogens is 369 g/mol. The summed E-state index contributed by atoms with van der Waals surface area (Å²) in [4.78, 5) is 18.1. The first kappa shape index (κ1) is 19.3. The van der Waals surface area contributed by atoms with Gasteiger partial charge in [-0.15, -0.1) is 0 Å². The second kappa shape index (κ2) is 7.07. The van der Waals surface area contributed by atoms with E-state index < -0.39 is 17.5 Å². The molecule has 3 atom stereocenters. The van der Waals surface area contributed by atoms with Crippen LogP contribution in [0.2, 0.25) is 0 Å². The molecule has 0 bridgehead atoms. The average Bonchev–Trinajstić information content (AvgIpc) is 3.51. The maximum Gasteiger partial charge on any atom is 0.433 e. The molecule has 2 heterocycles. The van der Waals surface area contributed by atoms with Crippen LogP contribution >= 0.6 is 0 Å². The van der Waals surface area contributed by atoms with Gasteiger partial charge in [0.2, 0.25) is 0 Å². The number of halogens is 3. The van der Waals surface area contributed by atoms with Crippen molar-refractivity contribution in [3.63, 3.8) is 0 Å². The largest absolute Gasteiger partial charge is 0.433 e. The SMILES string of the molecule is O=C(c1ccc(C(F)(F)F)nc1)N1CC[C@](O)(C#CC2CC2)[C@H]2CCCC[C@H]21. The van der Waals surface area contributed by atoms with Crippen molar-refractivity contribution in [3.8, 4) is 11.8 Å². The number of carbonyl (C=O) groups is 1. The van der Waals surface area contributed by atoms with E-state index in [1.54, 1.807) is 4.90 Å². The van der Waals surface area contributed by atoms with Crippen LogP contribution in [-0.4, -0.2) is 39.1 Å². The predicted octanol–water partition coefficient (Wildman–Crippen LogP) is 3.65. The van der Waals surface area contributed by atoms with Crippen molar-refractivity contribution in [1.29, 1.82) is 0 Å². The fourth-order valence-electron chi connectivity index (χ4n) is 4.40. The predicted molar refractivity (Wildman–Crippen MR) is 96.1 cm³/mol. The van der Waals surface area contributed by atoms with Crippen LogP contribution in [0.15, 0.2) is 18.3 Å². The first-order chi connectivity index (χ1) is 13.3. The highest BCUT2D eigenvalue weighted by Gasteiger charge is 2.49. The molecule has 4 rings (SSSR count). The number of rotatable bonds is 1. The van der Waals surface area contributed by atoms with E-state index in [-0.39, 0.29) is 23.4 Å². The Morgan fingerprint density at radius 1 is 1.21 bits per heavy atom. The lowest BCUT2D eigenvalue weighted by Gasteiger charge is -2.50. The lowest BCUT2D eigenvalue weighted by molar-refractivity contribution is -0.141. The minimum Gasteiger partial charge on any atom is -0.377 e. The van der Waals surface area contributed by atoms with Gasteiger partial charge in [0.05, 0.1) is 5.56 Å². The number of carbonyl (C=O) groups excluding carboxylic acids is 1. The molecule has 1 aromatic heterocycles. The lowest BCUT2D eigenvalue weighted by Crippen LogP contribution is -2.59. The molecule has 0 radical (unpaired) electrons. The summed E-state index contributed by atoms with van der Waals surface area (Å²) < 4.78 is 38.2. The number of hydrogen-bond donors (Lipinski definition) is 1. The third-order valence-corrected chi connectivity index (χ3v) is 6.11. The molecule has 1 saturated heterocycles. The normalized spacial score (nSPS) is 30.2. The Morgan fingerprint density at radius 2 is 1.96 bits per heavy atom. The van der Waals surface area contributed by atoms with E-state index in [0.29, 0.717) is 18.9 Å². The van der Waals surface area contributed by atoms with Gasteiger partial charge in [-0.3, -0.25) is 9.78 Å². The van der Waals surface area contributed by atoms with Gasteiger partial charge in [-0.25, -0.2) is 0 Å². The fraction of sp³-hybridized carbons (Fsp3) is 0.619. The van der Waals surface area contributed by atoms with Crippen LogP contribution in [0.5, 0.6) is 0 Å². The highest BCUT2D eigenvalue weighted by atomic mass is 19.4. The van der Waals surface area contributed by atoms with E-state index in [2.05, 4.69) is 16.8 Å². The molecule has 0 aromatic carbocycles. The molecule has 4 nitrogen and oxygen atoms in total. The lowest BCUT2D eigenvalue weighted by atomic mass is 9.69. The Morgan fingerprint density at radius 3 is 2.61 bits per heavy atom. The van der Waals surface area contributed by atoms with Gasteiger partial charge < -0.3 is 10.0 Å². The van der Waals surface area contributed by atoms with Crippen molar-refractivity contribution in [2.75, 3.05) is 6.54 Å². The van der Waals surface area contributed by atoms with Gasteiger partial charge in [0, 0.05) is 37.0 Å². The number of alkyl halides is 3. The molecule has 0 unspecified atom stereocenters. The summed E-state index contributed by atoms with van der Waals surface area (Å²) in [5.41, 5.74) is -1.95. The molecule has 1 N–H and O–H groups in total. The number of amides is 1. The molecule has 1 aromatic rings. The maximum absolute atomic E-state index is 13.0. The summed E-state index contributed by atoms with van der Waals surface area (Å²) in [6, 6.07) is 1.88. The van der Waals surface area contributed by atoms with Crippen LogP contribution in [0.3, 0.4) is 0 Å². The Bertz CT molecular complexity index is 808. The highest BCUT2D eigenvalue weighted by molar-refractivity contribution is 5.94. The molecule has 1 amide bonds. The molecule has 1 aliphatic heterocycles. The summed E-state index contributed by atoms with van der Waals surface area (Å²) in [7, 11) is 0. The summed E-state index contributed by atoms with van der Waals surface area (Å²) in [5.74, 6) is 6.24. The summed E-state index contributed by atoms with van der Waals surface area (Å²) in [5, 5.41) is 11.2. The molecule has 3 fully saturated rings. The Labute approximate surface area is 162 Å². The van der Waals surface area contributed by atoms with Crippen molar-refractivity contribution >= 4 is 5.91 Å². The highest BCUT2D eigenvalue weighted by Crippen LogP contribution is 2.42. The van der Waals surface area contributed by atoms with Gasteiger partial charge in [-0.1, -0.05) is 24.7 Å². The van der Waals surface area contributed by atoms with Gasteiger partial charge in [0.1, 0.15) is 11.3 Å². The Balaban J connectivity index is 1.55. The van der Waals surface area contributed by atoms with Crippen LogP contribution in [-0.2, 0) is 6.18 Å². The number of fused-ring (bicyclic) bond motifs is 1. The molecule has 7 heteroatoms. The number of piperidine rings is 1. The van der Waals surface area contributed by atoms with Crippen molar-refractivity contribution < 1.29 is 23.1 Å². The number of nitrogens with zero attached hydrogens (tertiary/aromatic N) is 2. The number of pyridine rings is 1. The van der Waals surface area contributed by atoms with Crippen molar-refractivity contribution in [1.82, 2.24) is 9.88 Å². The van der Waals surface area contributed by atoms with E-state index in [1.807, 2.05) is 0 Å². The number of likely N-dealkylation sites (tertiary alicyclic amines) is 1. The van der Waals surface area contributed by atoms with Crippen LogP contribution < -0.4 is 0 Å². The van der Waals surface area contributed by atoms with Crippen molar-refractivity contribution in [2.24, 2.45) is 11.8 Å². The molecule has 2 aliphatic carbocycles. The summed E-state index contributed by atoms with van der Waals surface area (Å²) in [6.07, 6.45) is 2.53. The zero-order valence-electron chi connectivity index (χ0n) is 15.5. The topological polar surface area (TPSA) is 53.4 Å². The number of hydrogen-bond acceptors (Lipinski definition) is 3. The Hall–Kier alpha value is -2.07. The molecule has 2 saturated carbocycles. The molecule has 3 aliphatic rings. The molecule has 150 valence electrons. The monoisotopic (exact) mass is 392 g/mol. The van der Waals surface area contributed by atoms with E-state index in [0.717, 1.165) is 50.8 Å². The first-order valence-corrected chi connectivity index (χ1v) is 9.87. The average molecular weight is 392 g/mol. The summed E-state index contributed by atoms with van der Waals surface area (Å²) in [6.45, 7) is 0.344. The first-order valence-electron chi connectivity index (χ1n) is 9.87. The quantitative estimate of drug-likeness (QED) is 0.743. The van der Waals surface area contributed by atoms with Gasteiger partial charge in [-0.2, -0.15) is 13.2 Å². The maximum atomic E-state index is 13.0. The minimum absolute atomic E-state index is 0.118. The number of aromatic nitrogens is 1. The summed E-state index contributed by atoms with van der Waals surface area (Å²) >= 11 is 0. The van der Waals surface area contributed by atoms with Crippen LogP contribution in [0.25, 0.3) is 0 Å². The second-order valence-corrected chi connectivity index (χ2v) is 8.10. The smallest absolute Gasteiger partial charge is 0.377 e. The fourth-order valence-corrected chi connectivity index (χ4v) is 4.40. The van der Waals surface area contributed by atoms with Gasteiger partial charge in [0.15, 0.2) is 0 Å². The number of aliphatic hydroxyl groups is 1. The Kier molecular flexibility index (Phi) is 4.86. The van der Waals surface area contributed by atoms with E-state index in [9.17, 15) is 23.1 Å². The van der Waals surface area contributed by atoms with Crippen molar-refractivity contribution in [2.45, 2.75) is 62.8 Å². The van der Waals surface area contributed by atoms with E-state index in [1.165, 1.54) is 6.07 Å². The standard InChI is InChI=1S/C21H23F3N2O2/c22-21(23,24)18-8-7-15(13-25-18)19(27)26-12-11-20(28,10-9-14-5-6-14)16-3-1-2-4-17(16)26/h7-8,13-14,16-17,28H,1-6,11-12H2/t16-,17+,20+/m0/s1. The van der Waals surface area contributed by atoms with E-state index in [4.69, 9.17) is 0 Å². The second-order valence-electron chi connectivity index (χ2n) is 8.10. The molecule has 0 spiro atoms. The zero-order chi connectivity index (χ0) is 19.9. The molecule has 28 heavy (non-hydrogen) atoms. The van der Waals surface area contributed by atoms with Gasteiger partial charge in [-0.05, 0) is 37.8 Å². The van der Waals surface area contributed by atoms with Crippen LogP contribution in [0.1, 0.15) is 61.0 Å². The zero-order valence-corrected chi connectivity index (χ0v) is 15.5. The van der Waals surface area contributed by atoms with Gasteiger partial charge in [0.25, 0.3) is 5.91 Å². The van der Waals surface area contributed by atoms with Crippen molar-refractivity contribution in [3.05, 3.63) is 29.6 Å². The third-order valence-electron chi connectivity index (χ3n) is 6.11. The minimum atomic E-state index is -4.53. The van der Waals surface area contributed by atoms with Gasteiger partial charge >= 0.3 is 6.18 Å². The van der Waals surface area contributed by atoms with Crippen LogP contribution in [0, 0.1) is 23.7 Å². The van der Waals surface area contributed by atoms with Crippen LogP contribution in [0.4, 0.5) is 13.2 Å². The third kappa shape index (κ3) is 3.75.